The predicted octanol–water partition coefficient (Wildman–Crippen LogP) is 3.66. The van der Waals surface area contributed by atoms with Crippen LogP contribution in [0.15, 0.2) is 52.9 Å². The number of rotatable bonds is 6. The largest absolute Gasteiger partial charge is 0.462 e. The van der Waals surface area contributed by atoms with Gasteiger partial charge in [-0.2, -0.15) is 0 Å². The molecule has 3 rings (SSSR count). The monoisotopic (exact) mass is 341 g/mol. The fourth-order valence-corrected chi connectivity index (χ4v) is 2.15. The van der Waals surface area contributed by atoms with Crippen LogP contribution in [-0.2, 0) is 11.3 Å². The van der Waals surface area contributed by atoms with Gasteiger partial charge >= 0.3 is 5.97 Å². The first kappa shape index (κ1) is 16.6. The molecule has 2 aromatic carbocycles. The van der Waals surface area contributed by atoms with Gasteiger partial charge in [-0.1, -0.05) is 0 Å². The molecule has 0 radical (unpaired) electrons. The van der Waals surface area contributed by atoms with Crippen molar-refractivity contribution in [2.75, 3.05) is 11.9 Å². The van der Waals surface area contributed by atoms with Crippen molar-refractivity contribution in [3.05, 3.63) is 65.8 Å². The number of carbonyl (C=O) groups excluding carboxylic acids is 1. The fourth-order valence-electron chi connectivity index (χ4n) is 2.15. The van der Waals surface area contributed by atoms with Gasteiger partial charge in [-0.15, -0.1) is 10.2 Å². The third-order valence-electron chi connectivity index (χ3n) is 3.40. The second-order valence-electron chi connectivity index (χ2n) is 5.16. The number of halogens is 1. The summed E-state index contributed by atoms with van der Waals surface area (Å²) in [5.41, 5.74) is 1.94. The van der Waals surface area contributed by atoms with E-state index in [9.17, 15) is 9.18 Å². The first-order chi connectivity index (χ1) is 12.2. The van der Waals surface area contributed by atoms with Crippen molar-refractivity contribution in [2.45, 2.75) is 13.5 Å². The van der Waals surface area contributed by atoms with Crippen LogP contribution < -0.4 is 5.32 Å². The average molecular weight is 341 g/mol. The summed E-state index contributed by atoms with van der Waals surface area (Å²) < 4.78 is 23.4. The minimum atomic E-state index is -0.352. The summed E-state index contributed by atoms with van der Waals surface area (Å²) in [6.07, 6.45) is 0. The van der Waals surface area contributed by atoms with Crippen LogP contribution in [0.4, 0.5) is 10.1 Å². The normalized spacial score (nSPS) is 10.5. The lowest BCUT2D eigenvalue weighted by Gasteiger charge is -2.05. The number of benzene rings is 2. The van der Waals surface area contributed by atoms with Gasteiger partial charge in [0.25, 0.3) is 0 Å². The van der Waals surface area contributed by atoms with Crippen LogP contribution in [-0.4, -0.2) is 22.8 Å². The van der Waals surface area contributed by atoms with E-state index in [2.05, 4.69) is 15.5 Å². The van der Waals surface area contributed by atoms with Crippen LogP contribution in [0.25, 0.3) is 11.5 Å². The number of nitrogens with zero attached hydrogens (tertiary/aromatic N) is 2. The molecular weight excluding hydrogens is 325 g/mol. The van der Waals surface area contributed by atoms with E-state index in [0.29, 0.717) is 36.1 Å². The van der Waals surface area contributed by atoms with E-state index in [4.69, 9.17) is 9.15 Å². The molecule has 0 aliphatic rings. The lowest BCUT2D eigenvalue weighted by atomic mass is 10.2. The Hall–Kier alpha value is -3.22. The van der Waals surface area contributed by atoms with Crippen LogP contribution in [0.1, 0.15) is 23.2 Å². The SMILES string of the molecule is CCOC(=O)c1ccc(NCc2nnc(-c3ccc(F)cc3)o2)cc1. The molecule has 0 saturated carbocycles. The third-order valence-corrected chi connectivity index (χ3v) is 3.40. The smallest absolute Gasteiger partial charge is 0.338 e. The van der Waals surface area contributed by atoms with E-state index < -0.39 is 0 Å². The van der Waals surface area contributed by atoms with Crippen molar-refractivity contribution in [1.82, 2.24) is 10.2 Å². The zero-order chi connectivity index (χ0) is 17.6. The fraction of sp³-hybridized carbons (Fsp3) is 0.167. The van der Waals surface area contributed by atoms with Gasteiger partial charge in [0, 0.05) is 11.3 Å². The second kappa shape index (κ2) is 7.57. The molecule has 128 valence electrons. The molecule has 3 aromatic rings. The Kier molecular flexibility index (Phi) is 5.03. The molecule has 0 unspecified atom stereocenters. The molecule has 0 amide bonds. The highest BCUT2D eigenvalue weighted by atomic mass is 19.1. The number of hydrogen-bond donors (Lipinski definition) is 1. The molecule has 0 spiro atoms. The maximum absolute atomic E-state index is 12.9. The van der Waals surface area contributed by atoms with Crippen molar-refractivity contribution in [1.29, 1.82) is 0 Å². The Bertz CT molecular complexity index is 845. The minimum absolute atomic E-state index is 0.323. The standard InChI is InChI=1S/C18H16FN3O3/c1-2-24-18(23)13-5-9-15(10-6-13)20-11-16-21-22-17(25-16)12-3-7-14(19)8-4-12/h3-10,20H,2,11H2,1H3. The summed E-state index contributed by atoms with van der Waals surface area (Å²) >= 11 is 0. The molecule has 0 aliphatic carbocycles. The Morgan fingerprint density at radius 2 is 1.84 bits per heavy atom. The van der Waals surface area contributed by atoms with Gasteiger partial charge < -0.3 is 14.5 Å². The Balaban J connectivity index is 1.60. The highest BCUT2D eigenvalue weighted by Gasteiger charge is 2.09. The van der Waals surface area contributed by atoms with E-state index >= 15 is 0 Å². The third kappa shape index (κ3) is 4.20. The summed E-state index contributed by atoms with van der Waals surface area (Å²) in [6, 6.07) is 12.7. The molecule has 1 N–H and O–H groups in total. The number of hydrogen-bond acceptors (Lipinski definition) is 6. The topological polar surface area (TPSA) is 77.2 Å². The number of ether oxygens (including phenoxy) is 1. The molecule has 25 heavy (non-hydrogen) atoms. The lowest BCUT2D eigenvalue weighted by Crippen LogP contribution is -2.05. The van der Waals surface area contributed by atoms with Crippen LogP contribution in [0.5, 0.6) is 0 Å². The van der Waals surface area contributed by atoms with Gasteiger partial charge in [-0.3, -0.25) is 0 Å². The number of esters is 1. The maximum Gasteiger partial charge on any atom is 0.338 e. The van der Waals surface area contributed by atoms with E-state index in [-0.39, 0.29) is 11.8 Å². The zero-order valence-corrected chi connectivity index (χ0v) is 13.5. The quantitative estimate of drug-likeness (QED) is 0.690. The van der Waals surface area contributed by atoms with E-state index in [0.717, 1.165) is 5.69 Å². The van der Waals surface area contributed by atoms with Gasteiger partial charge in [0.2, 0.25) is 11.8 Å². The van der Waals surface area contributed by atoms with Crippen LogP contribution in [0.2, 0.25) is 0 Å². The van der Waals surface area contributed by atoms with Crippen molar-refractivity contribution < 1.29 is 18.3 Å². The van der Waals surface area contributed by atoms with E-state index in [1.165, 1.54) is 12.1 Å². The molecule has 0 saturated heterocycles. The van der Waals surface area contributed by atoms with Crippen molar-refractivity contribution >= 4 is 11.7 Å². The molecular formula is C18H16FN3O3. The highest BCUT2D eigenvalue weighted by molar-refractivity contribution is 5.89. The van der Waals surface area contributed by atoms with Gasteiger partial charge in [0.05, 0.1) is 18.7 Å². The van der Waals surface area contributed by atoms with Gasteiger partial charge in [-0.05, 0) is 55.5 Å². The first-order valence-corrected chi connectivity index (χ1v) is 7.75. The van der Waals surface area contributed by atoms with Crippen molar-refractivity contribution in [2.24, 2.45) is 0 Å². The highest BCUT2D eigenvalue weighted by Crippen LogP contribution is 2.19. The van der Waals surface area contributed by atoms with Crippen LogP contribution in [0.3, 0.4) is 0 Å². The minimum Gasteiger partial charge on any atom is -0.462 e. The Morgan fingerprint density at radius 1 is 1.12 bits per heavy atom. The molecule has 1 heterocycles. The summed E-state index contributed by atoms with van der Waals surface area (Å²) in [4.78, 5) is 11.6. The van der Waals surface area contributed by atoms with Crippen molar-refractivity contribution in [3.8, 4) is 11.5 Å². The van der Waals surface area contributed by atoms with E-state index in [1.807, 2.05) is 0 Å². The summed E-state index contributed by atoms with van der Waals surface area (Å²) in [6.45, 7) is 2.43. The van der Waals surface area contributed by atoms with Crippen molar-refractivity contribution in [3.63, 3.8) is 0 Å². The van der Waals surface area contributed by atoms with E-state index in [1.54, 1.807) is 43.3 Å². The van der Waals surface area contributed by atoms with Crippen LogP contribution >= 0.6 is 0 Å². The van der Waals surface area contributed by atoms with Gasteiger partial charge in [-0.25, -0.2) is 9.18 Å². The predicted molar refractivity (Wildman–Crippen MR) is 89.4 cm³/mol. The maximum atomic E-state index is 12.9. The first-order valence-electron chi connectivity index (χ1n) is 7.75. The molecule has 7 heteroatoms. The molecule has 0 atom stereocenters. The lowest BCUT2D eigenvalue weighted by molar-refractivity contribution is 0.0526. The molecule has 0 fully saturated rings. The summed E-state index contributed by atoms with van der Waals surface area (Å²) in [5, 5.41) is 11.0. The Morgan fingerprint density at radius 3 is 2.52 bits per heavy atom. The Labute approximate surface area is 143 Å². The zero-order valence-electron chi connectivity index (χ0n) is 13.5. The number of carbonyl (C=O) groups is 1. The molecule has 0 bridgehead atoms. The molecule has 1 aromatic heterocycles. The molecule has 6 nitrogen and oxygen atoms in total. The summed E-state index contributed by atoms with van der Waals surface area (Å²) in [7, 11) is 0. The average Bonchev–Trinajstić information content (AvgIpc) is 3.10. The second-order valence-corrected chi connectivity index (χ2v) is 5.16. The number of aromatic nitrogens is 2. The number of nitrogens with one attached hydrogen (secondary N) is 1. The number of anilines is 1. The molecule has 0 aliphatic heterocycles. The van der Waals surface area contributed by atoms with Gasteiger partial charge in [0.15, 0.2) is 0 Å². The van der Waals surface area contributed by atoms with Gasteiger partial charge in [0.1, 0.15) is 5.82 Å². The summed E-state index contributed by atoms with van der Waals surface area (Å²) in [5.74, 6) is 0.0505. The van der Waals surface area contributed by atoms with Crippen LogP contribution in [0, 0.1) is 5.82 Å².